The van der Waals surface area contributed by atoms with Crippen LogP contribution in [0.3, 0.4) is 0 Å². The van der Waals surface area contributed by atoms with E-state index in [-0.39, 0.29) is 0 Å². The monoisotopic (exact) mass is 330 g/mol. The molecule has 0 heterocycles. The Morgan fingerprint density at radius 2 is 0.842 bits per heavy atom. The molecule has 0 fully saturated rings. The molecule has 0 radical (unpaired) electrons. The van der Waals surface area contributed by atoms with E-state index in [2.05, 4.69) is 11.1 Å². The van der Waals surface area contributed by atoms with Gasteiger partial charge >= 0.3 is 17.1 Å². The van der Waals surface area contributed by atoms with Crippen molar-refractivity contribution in [2.24, 2.45) is 0 Å². The lowest BCUT2D eigenvalue weighted by atomic mass is 11.4. The molecule has 0 unspecified atom stereocenters. The van der Waals surface area contributed by atoms with E-state index in [1.165, 1.54) is 0 Å². The molecule has 0 saturated carbocycles. The molecule has 0 spiro atoms. The molecule has 0 N–H and O–H groups in total. The standard InChI is InChI=1S/C12H26O3Si4/c1-11-16(3,4)13-18(7,8)15-19(9,10)14-17(5,6)12-2/h1-2H,3-10H3. The molecular weight excluding hydrogens is 304 g/mol. The third-order valence-electron chi connectivity index (χ3n) is 2.19. The second-order valence-electron chi connectivity index (χ2n) is 6.42. The van der Waals surface area contributed by atoms with Crippen molar-refractivity contribution in [1.82, 2.24) is 0 Å². The van der Waals surface area contributed by atoms with Gasteiger partial charge in [-0.05, 0) is 52.4 Å². The van der Waals surface area contributed by atoms with E-state index in [0.29, 0.717) is 0 Å². The number of terminal acetylenes is 2. The van der Waals surface area contributed by atoms with Crippen LogP contribution in [0.15, 0.2) is 0 Å². The quantitative estimate of drug-likeness (QED) is 0.553. The lowest BCUT2D eigenvalue weighted by molar-refractivity contribution is 0.334. The molecule has 19 heavy (non-hydrogen) atoms. The van der Waals surface area contributed by atoms with E-state index in [0.717, 1.165) is 0 Å². The third kappa shape index (κ3) is 7.90. The van der Waals surface area contributed by atoms with Crippen LogP contribution >= 0.6 is 0 Å². The lowest BCUT2D eigenvalue weighted by Gasteiger charge is -2.38. The van der Waals surface area contributed by atoms with Crippen molar-refractivity contribution in [3.8, 4) is 23.9 Å². The van der Waals surface area contributed by atoms with Crippen LogP contribution in [0, 0.1) is 23.9 Å². The molecule has 0 saturated heterocycles. The Balaban J connectivity index is 4.84. The zero-order chi connectivity index (χ0) is 15.5. The van der Waals surface area contributed by atoms with Crippen LogP contribution in [-0.2, 0) is 12.3 Å². The second kappa shape index (κ2) is 6.10. The summed E-state index contributed by atoms with van der Waals surface area (Å²) in [5.74, 6) is 0. The fraction of sp³-hybridized carbons (Fsp3) is 0.667. The molecule has 0 aromatic rings. The molecule has 3 nitrogen and oxygen atoms in total. The van der Waals surface area contributed by atoms with Crippen LogP contribution in [0.4, 0.5) is 0 Å². The average molecular weight is 331 g/mol. The largest absolute Gasteiger partial charge is 0.427 e. The van der Waals surface area contributed by atoms with E-state index in [1.807, 2.05) is 52.4 Å². The van der Waals surface area contributed by atoms with Crippen molar-refractivity contribution < 1.29 is 12.3 Å². The Morgan fingerprint density at radius 3 is 1.05 bits per heavy atom. The summed E-state index contributed by atoms with van der Waals surface area (Å²) in [6.45, 7) is 16.1. The highest BCUT2D eigenvalue weighted by molar-refractivity contribution is 6.92. The Labute approximate surface area is 122 Å². The van der Waals surface area contributed by atoms with Gasteiger partial charge in [0.25, 0.3) is 16.6 Å². The maximum atomic E-state index is 6.21. The Morgan fingerprint density at radius 1 is 0.579 bits per heavy atom. The van der Waals surface area contributed by atoms with Gasteiger partial charge in [-0.15, -0.1) is 23.9 Å². The smallest absolute Gasteiger partial charge is 0.313 e. The first kappa shape index (κ1) is 18.9. The minimum absolute atomic E-state index is 2.00. The van der Waals surface area contributed by atoms with Gasteiger partial charge in [0, 0.05) is 0 Å². The first-order valence-corrected chi connectivity index (χ1v) is 17.8. The van der Waals surface area contributed by atoms with Gasteiger partial charge in [0.05, 0.1) is 0 Å². The van der Waals surface area contributed by atoms with Crippen LogP contribution in [0.2, 0.25) is 52.4 Å². The molecule has 0 aliphatic rings. The van der Waals surface area contributed by atoms with E-state index >= 15 is 0 Å². The number of hydrogen-bond donors (Lipinski definition) is 0. The van der Waals surface area contributed by atoms with Crippen molar-refractivity contribution in [3.05, 3.63) is 0 Å². The normalized spacial score (nSPS) is 13.8. The summed E-state index contributed by atoms with van der Waals surface area (Å²) in [5.41, 5.74) is 5.53. The first-order valence-electron chi connectivity index (χ1n) is 6.30. The highest BCUT2D eigenvalue weighted by Crippen LogP contribution is 2.23. The number of hydrogen-bond acceptors (Lipinski definition) is 3. The fourth-order valence-electron chi connectivity index (χ4n) is 1.92. The molecule has 0 aromatic carbocycles. The lowest BCUT2D eigenvalue weighted by Crippen LogP contribution is -2.56. The van der Waals surface area contributed by atoms with Gasteiger partial charge in [0.15, 0.2) is 0 Å². The molecule has 7 heteroatoms. The van der Waals surface area contributed by atoms with Gasteiger partial charge < -0.3 is 12.3 Å². The van der Waals surface area contributed by atoms with Gasteiger partial charge in [0.2, 0.25) is 0 Å². The van der Waals surface area contributed by atoms with Gasteiger partial charge in [-0.2, -0.15) is 0 Å². The van der Waals surface area contributed by atoms with Gasteiger partial charge in [-0.25, -0.2) is 0 Å². The minimum Gasteiger partial charge on any atom is -0.427 e. The summed E-state index contributed by atoms with van der Waals surface area (Å²) in [5, 5.41) is 0. The van der Waals surface area contributed by atoms with Gasteiger partial charge in [-0.3, -0.25) is 0 Å². The van der Waals surface area contributed by atoms with Crippen LogP contribution < -0.4 is 0 Å². The summed E-state index contributed by atoms with van der Waals surface area (Å²) >= 11 is 0. The summed E-state index contributed by atoms with van der Waals surface area (Å²) in [6, 6.07) is 0. The summed E-state index contributed by atoms with van der Waals surface area (Å²) in [6.07, 6.45) is 11.0. The van der Waals surface area contributed by atoms with Gasteiger partial charge in [-0.1, -0.05) is 0 Å². The molecule has 0 aliphatic heterocycles. The van der Waals surface area contributed by atoms with Crippen LogP contribution in [-0.4, -0.2) is 33.8 Å². The fourth-order valence-corrected chi connectivity index (χ4v) is 18.0. The SMILES string of the molecule is C#C[Si](C)(C)O[Si](C)(C)O[Si](C)(C)O[Si](C)(C)C#C. The second-order valence-corrected chi connectivity index (χ2v) is 21.1. The highest BCUT2D eigenvalue weighted by atomic mass is 28.5. The molecule has 108 valence electrons. The Hall–Kier alpha value is -0.132. The van der Waals surface area contributed by atoms with Crippen molar-refractivity contribution in [1.29, 1.82) is 0 Å². The molecule has 0 rings (SSSR count). The van der Waals surface area contributed by atoms with E-state index < -0.39 is 33.8 Å². The zero-order valence-corrected chi connectivity index (χ0v) is 17.4. The summed E-state index contributed by atoms with van der Waals surface area (Å²) in [4.78, 5) is 0. The van der Waals surface area contributed by atoms with Crippen molar-refractivity contribution in [2.45, 2.75) is 52.4 Å². The topological polar surface area (TPSA) is 27.7 Å². The predicted octanol–water partition coefficient (Wildman–Crippen LogP) is 3.19. The maximum Gasteiger partial charge on any atom is 0.313 e. The molecule has 0 aliphatic carbocycles. The summed E-state index contributed by atoms with van der Waals surface area (Å²) < 4.78 is 18.4. The van der Waals surface area contributed by atoms with E-state index in [4.69, 9.17) is 25.2 Å². The van der Waals surface area contributed by atoms with E-state index in [9.17, 15) is 0 Å². The predicted molar refractivity (Wildman–Crippen MR) is 90.8 cm³/mol. The van der Waals surface area contributed by atoms with E-state index in [1.54, 1.807) is 0 Å². The highest BCUT2D eigenvalue weighted by Gasteiger charge is 2.42. The van der Waals surface area contributed by atoms with Crippen molar-refractivity contribution in [3.63, 3.8) is 0 Å². The van der Waals surface area contributed by atoms with Crippen molar-refractivity contribution in [2.75, 3.05) is 0 Å². The molecule has 0 amide bonds. The Kier molecular flexibility index (Phi) is 6.06. The maximum absolute atomic E-state index is 6.21. The average Bonchev–Trinajstić information content (AvgIpc) is 2.12. The van der Waals surface area contributed by atoms with Crippen LogP contribution in [0.1, 0.15) is 0 Å². The number of rotatable bonds is 6. The molecule has 0 atom stereocenters. The third-order valence-corrected chi connectivity index (χ3v) is 15.5. The van der Waals surface area contributed by atoms with Crippen LogP contribution in [0.5, 0.6) is 0 Å². The van der Waals surface area contributed by atoms with Gasteiger partial charge in [0.1, 0.15) is 0 Å². The van der Waals surface area contributed by atoms with Crippen molar-refractivity contribution >= 4 is 33.8 Å². The summed E-state index contributed by atoms with van der Waals surface area (Å²) in [7, 11) is -8.75. The molecule has 0 aromatic heterocycles. The van der Waals surface area contributed by atoms with Crippen LogP contribution in [0.25, 0.3) is 0 Å². The zero-order valence-electron chi connectivity index (χ0n) is 13.4. The first-order chi connectivity index (χ1) is 8.24. The Bertz CT molecular complexity index is 364. The molecule has 0 bridgehead atoms. The minimum atomic E-state index is -2.30. The molecular formula is C12H26O3Si4.